The topological polar surface area (TPSA) is 83.5 Å². The largest absolute Gasteiger partial charge is 0.480 e. The van der Waals surface area contributed by atoms with Crippen LogP contribution in [0.5, 0.6) is 0 Å². The second-order valence-corrected chi connectivity index (χ2v) is 5.94. The minimum Gasteiger partial charge on any atom is -0.480 e. The number of carboxylic acids is 1. The van der Waals surface area contributed by atoms with Gasteiger partial charge in [0.1, 0.15) is 16.8 Å². The molecule has 0 saturated carbocycles. The Hall–Kier alpha value is -2.14. The number of carboxylic acid groups (broad SMARTS) is 1. The fraction of sp³-hybridized carbons (Fsp3) is 0.312. The van der Waals surface area contributed by atoms with Crippen LogP contribution in [0.4, 0.5) is 0 Å². The Kier molecular flexibility index (Phi) is 4.66. The van der Waals surface area contributed by atoms with Crippen molar-refractivity contribution >= 4 is 29.1 Å². The van der Waals surface area contributed by atoms with Gasteiger partial charge in [0.05, 0.1) is 0 Å². The summed E-state index contributed by atoms with van der Waals surface area (Å²) in [4.78, 5) is 36.0. The number of Topliss-reactive ketones (excluding diaryl/α,β-unsaturated/α-hetero) is 2. The number of rotatable bonds is 5. The van der Waals surface area contributed by atoms with Crippen LogP contribution < -0.4 is 5.32 Å². The molecule has 0 unspecified atom stereocenters. The van der Waals surface area contributed by atoms with Gasteiger partial charge in [-0.1, -0.05) is 49.7 Å². The second-order valence-electron chi connectivity index (χ2n) is 5.56. The summed E-state index contributed by atoms with van der Waals surface area (Å²) in [5, 5.41) is 11.6. The molecule has 116 valence electrons. The first-order valence-electron chi connectivity index (χ1n) is 6.90. The van der Waals surface area contributed by atoms with Crippen LogP contribution in [-0.4, -0.2) is 28.7 Å². The lowest BCUT2D eigenvalue weighted by Gasteiger charge is -2.23. The Morgan fingerprint density at radius 1 is 1.18 bits per heavy atom. The monoisotopic (exact) mass is 321 g/mol. The molecule has 0 radical (unpaired) electrons. The number of benzene rings is 1. The smallest absolute Gasteiger partial charge is 0.326 e. The van der Waals surface area contributed by atoms with E-state index < -0.39 is 23.6 Å². The zero-order chi connectivity index (χ0) is 16.4. The van der Waals surface area contributed by atoms with E-state index in [4.69, 9.17) is 11.6 Å². The van der Waals surface area contributed by atoms with E-state index in [1.165, 1.54) is 12.1 Å². The van der Waals surface area contributed by atoms with Gasteiger partial charge in [0.2, 0.25) is 11.6 Å². The SMILES string of the molecule is CC(C)C[C@H](NC1=C(Cl)C(=O)c2ccccc2C1=O)C(=O)O. The zero-order valence-electron chi connectivity index (χ0n) is 12.2. The van der Waals surface area contributed by atoms with Gasteiger partial charge < -0.3 is 10.4 Å². The van der Waals surface area contributed by atoms with Gasteiger partial charge in [0, 0.05) is 11.1 Å². The number of nitrogens with one attached hydrogen (secondary N) is 1. The Labute approximate surface area is 133 Å². The maximum absolute atomic E-state index is 12.5. The van der Waals surface area contributed by atoms with Gasteiger partial charge in [-0.2, -0.15) is 0 Å². The number of hydrogen-bond acceptors (Lipinski definition) is 4. The molecule has 5 nitrogen and oxygen atoms in total. The van der Waals surface area contributed by atoms with Crippen LogP contribution in [0.1, 0.15) is 41.0 Å². The van der Waals surface area contributed by atoms with E-state index in [1.807, 2.05) is 13.8 Å². The lowest BCUT2D eigenvalue weighted by atomic mass is 9.91. The minimum atomic E-state index is -1.09. The Balaban J connectivity index is 2.38. The Morgan fingerprint density at radius 2 is 1.73 bits per heavy atom. The molecule has 1 aromatic carbocycles. The lowest BCUT2D eigenvalue weighted by molar-refractivity contribution is -0.139. The number of fused-ring (bicyclic) bond motifs is 1. The van der Waals surface area contributed by atoms with Crippen LogP contribution in [0.2, 0.25) is 0 Å². The fourth-order valence-corrected chi connectivity index (χ4v) is 2.58. The molecule has 6 heteroatoms. The molecule has 0 bridgehead atoms. The van der Waals surface area contributed by atoms with E-state index in [1.54, 1.807) is 12.1 Å². The minimum absolute atomic E-state index is 0.106. The average molecular weight is 322 g/mol. The molecule has 1 atom stereocenters. The molecule has 1 aliphatic rings. The Morgan fingerprint density at radius 3 is 2.23 bits per heavy atom. The molecular weight excluding hydrogens is 306 g/mol. The number of aliphatic carboxylic acids is 1. The molecule has 0 saturated heterocycles. The Bertz CT molecular complexity index is 678. The summed E-state index contributed by atoms with van der Waals surface area (Å²) in [5.74, 6) is -1.93. The van der Waals surface area contributed by atoms with Crippen LogP contribution in [0.25, 0.3) is 0 Å². The molecule has 0 aromatic heterocycles. The first-order valence-corrected chi connectivity index (χ1v) is 7.28. The standard InChI is InChI=1S/C16H16ClNO4/c1-8(2)7-11(16(21)22)18-13-12(17)14(19)9-5-3-4-6-10(9)15(13)20/h3-6,8,11,18H,7H2,1-2H3,(H,21,22)/t11-/m0/s1. The lowest BCUT2D eigenvalue weighted by Crippen LogP contribution is -2.41. The van der Waals surface area contributed by atoms with Gasteiger partial charge in [-0.15, -0.1) is 0 Å². The average Bonchev–Trinajstić information content (AvgIpc) is 2.47. The number of allylic oxidation sites excluding steroid dienone is 2. The van der Waals surface area contributed by atoms with Crippen LogP contribution >= 0.6 is 11.6 Å². The zero-order valence-corrected chi connectivity index (χ0v) is 13.0. The third kappa shape index (κ3) is 3.04. The van der Waals surface area contributed by atoms with Crippen LogP contribution in [0.15, 0.2) is 35.0 Å². The van der Waals surface area contributed by atoms with Crippen molar-refractivity contribution in [1.29, 1.82) is 0 Å². The summed E-state index contributed by atoms with van der Waals surface area (Å²) in [7, 11) is 0. The van der Waals surface area contributed by atoms with Crippen molar-refractivity contribution in [2.24, 2.45) is 5.92 Å². The van der Waals surface area contributed by atoms with Gasteiger partial charge in [-0.25, -0.2) is 4.79 Å². The maximum Gasteiger partial charge on any atom is 0.326 e. The maximum atomic E-state index is 12.5. The summed E-state index contributed by atoms with van der Waals surface area (Å²) in [5.41, 5.74) is 0.324. The van der Waals surface area contributed by atoms with Gasteiger partial charge in [-0.3, -0.25) is 9.59 Å². The van der Waals surface area contributed by atoms with Crippen molar-refractivity contribution in [3.63, 3.8) is 0 Å². The molecule has 22 heavy (non-hydrogen) atoms. The molecule has 0 amide bonds. The molecular formula is C16H16ClNO4. The quantitative estimate of drug-likeness (QED) is 0.871. The predicted octanol–water partition coefficient (Wildman–Crippen LogP) is 2.60. The van der Waals surface area contributed by atoms with Crippen LogP contribution in [0, 0.1) is 5.92 Å². The molecule has 1 aromatic rings. The van der Waals surface area contributed by atoms with E-state index in [9.17, 15) is 19.5 Å². The molecule has 0 spiro atoms. The predicted molar refractivity (Wildman–Crippen MR) is 82.0 cm³/mol. The summed E-state index contributed by atoms with van der Waals surface area (Å²) >= 11 is 5.99. The van der Waals surface area contributed by atoms with E-state index in [-0.39, 0.29) is 27.8 Å². The van der Waals surface area contributed by atoms with Gasteiger partial charge in [0.15, 0.2) is 0 Å². The van der Waals surface area contributed by atoms with Crippen molar-refractivity contribution in [3.05, 3.63) is 46.1 Å². The van der Waals surface area contributed by atoms with Crippen LogP contribution in [-0.2, 0) is 4.79 Å². The summed E-state index contributed by atoms with van der Waals surface area (Å²) in [6.07, 6.45) is 0.312. The number of carbonyl (C=O) groups is 3. The highest BCUT2D eigenvalue weighted by molar-refractivity contribution is 6.49. The van der Waals surface area contributed by atoms with E-state index in [0.29, 0.717) is 6.42 Å². The highest BCUT2D eigenvalue weighted by atomic mass is 35.5. The van der Waals surface area contributed by atoms with Crippen molar-refractivity contribution in [1.82, 2.24) is 5.32 Å². The number of carbonyl (C=O) groups excluding carboxylic acids is 2. The van der Waals surface area contributed by atoms with Crippen molar-refractivity contribution < 1.29 is 19.5 Å². The van der Waals surface area contributed by atoms with E-state index >= 15 is 0 Å². The van der Waals surface area contributed by atoms with Crippen molar-refractivity contribution in [2.45, 2.75) is 26.3 Å². The molecule has 0 heterocycles. The number of hydrogen-bond donors (Lipinski definition) is 2. The third-order valence-electron chi connectivity index (χ3n) is 3.39. The van der Waals surface area contributed by atoms with E-state index in [2.05, 4.69) is 5.32 Å². The van der Waals surface area contributed by atoms with Gasteiger partial charge in [-0.05, 0) is 12.3 Å². The second kappa shape index (κ2) is 6.32. The first-order chi connectivity index (χ1) is 10.3. The highest BCUT2D eigenvalue weighted by Gasteiger charge is 2.33. The van der Waals surface area contributed by atoms with E-state index in [0.717, 1.165) is 0 Å². The normalized spacial score (nSPS) is 15.8. The molecule has 1 aliphatic carbocycles. The van der Waals surface area contributed by atoms with Crippen LogP contribution in [0.3, 0.4) is 0 Å². The molecule has 0 fully saturated rings. The molecule has 2 rings (SSSR count). The summed E-state index contributed by atoms with van der Waals surface area (Å²) < 4.78 is 0. The molecule has 0 aliphatic heterocycles. The van der Waals surface area contributed by atoms with Crippen molar-refractivity contribution in [3.8, 4) is 0 Å². The third-order valence-corrected chi connectivity index (χ3v) is 3.75. The first kappa shape index (κ1) is 16.2. The van der Waals surface area contributed by atoms with Gasteiger partial charge >= 0.3 is 5.97 Å². The highest BCUT2D eigenvalue weighted by Crippen LogP contribution is 2.27. The van der Waals surface area contributed by atoms with Gasteiger partial charge in [0.25, 0.3) is 0 Å². The summed E-state index contributed by atoms with van der Waals surface area (Å²) in [6, 6.07) is 5.36. The summed E-state index contributed by atoms with van der Waals surface area (Å²) in [6.45, 7) is 3.74. The number of halogens is 1. The molecule has 2 N–H and O–H groups in total. The number of ketones is 2. The fourth-order valence-electron chi connectivity index (χ4n) is 2.34. The van der Waals surface area contributed by atoms with Crippen molar-refractivity contribution in [2.75, 3.05) is 0 Å².